The molecule has 1 N–H and O–H groups in total. The molecule has 1 aromatic heterocycles. The van der Waals surface area contributed by atoms with Gasteiger partial charge in [0.15, 0.2) is 0 Å². The van der Waals surface area contributed by atoms with E-state index in [-0.39, 0.29) is 22.7 Å². The van der Waals surface area contributed by atoms with E-state index in [1.165, 1.54) is 18.3 Å². The van der Waals surface area contributed by atoms with Crippen molar-refractivity contribution in [1.29, 1.82) is 0 Å². The maximum Gasteiger partial charge on any atom is 0.439 e. The van der Waals surface area contributed by atoms with E-state index < -0.39 is 23.7 Å². The predicted octanol–water partition coefficient (Wildman–Crippen LogP) is 2.33. The minimum absolute atomic E-state index is 0.0480. The highest BCUT2D eigenvalue weighted by Gasteiger charge is 2.68. The van der Waals surface area contributed by atoms with Crippen LogP contribution in [0.4, 0.5) is 13.2 Å². The molecule has 0 saturated heterocycles. The van der Waals surface area contributed by atoms with E-state index in [1.54, 1.807) is 0 Å². The largest absolute Gasteiger partial charge is 0.439 e. The SMILES string of the molecule is O=C(c1cccnc1)N1N=C2CCCC[C@H]2[C@]1(O)C(F)(F)F. The van der Waals surface area contributed by atoms with E-state index >= 15 is 0 Å². The van der Waals surface area contributed by atoms with Crippen LogP contribution in [0, 0.1) is 5.92 Å². The standard InChI is InChI=1S/C14H14F3N3O2/c15-14(16,17)13(22)10-5-1-2-6-11(10)19-20(13)12(21)9-4-3-7-18-8-9/h3-4,7-8,10,22H,1-2,5-6H2/t10-,13+/m1/s1. The molecule has 0 unspecified atom stereocenters. The van der Waals surface area contributed by atoms with E-state index in [4.69, 9.17) is 0 Å². The van der Waals surface area contributed by atoms with Crippen molar-refractivity contribution in [3.05, 3.63) is 30.1 Å². The lowest BCUT2D eigenvalue weighted by atomic mass is 9.80. The maximum absolute atomic E-state index is 13.5. The topological polar surface area (TPSA) is 65.8 Å². The van der Waals surface area contributed by atoms with Crippen LogP contribution in [0.2, 0.25) is 0 Å². The van der Waals surface area contributed by atoms with Crippen LogP contribution in [0.3, 0.4) is 0 Å². The summed E-state index contributed by atoms with van der Waals surface area (Å²) in [5.74, 6) is -2.20. The summed E-state index contributed by atoms with van der Waals surface area (Å²) in [7, 11) is 0. The van der Waals surface area contributed by atoms with Gasteiger partial charge < -0.3 is 5.11 Å². The number of pyridine rings is 1. The summed E-state index contributed by atoms with van der Waals surface area (Å²) in [6, 6.07) is 2.78. The van der Waals surface area contributed by atoms with Crippen molar-refractivity contribution in [1.82, 2.24) is 9.99 Å². The number of aliphatic hydroxyl groups is 1. The molecule has 2 heterocycles. The second kappa shape index (κ2) is 5.05. The Hall–Kier alpha value is -1.96. The molecular weight excluding hydrogens is 299 g/mol. The maximum atomic E-state index is 13.5. The molecule has 2 atom stereocenters. The highest BCUT2D eigenvalue weighted by molar-refractivity contribution is 5.99. The number of amides is 1. The number of hydrogen-bond acceptors (Lipinski definition) is 4. The molecule has 2 aliphatic rings. The first-order valence-corrected chi connectivity index (χ1v) is 6.97. The molecule has 1 aliphatic heterocycles. The number of hydrogen-bond donors (Lipinski definition) is 1. The monoisotopic (exact) mass is 313 g/mol. The molecule has 1 fully saturated rings. The smallest absolute Gasteiger partial charge is 0.362 e. The summed E-state index contributed by atoms with van der Waals surface area (Å²) >= 11 is 0. The minimum atomic E-state index is -4.99. The number of fused-ring (bicyclic) bond motifs is 1. The Morgan fingerprint density at radius 1 is 1.41 bits per heavy atom. The van der Waals surface area contributed by atoms with Crippen LogP contribution in [-0.4, -0.2) is 38.6 Å². The van der Waals surface area contributed by atoms with Gasteiger partial charge in [-0.2, -0.15) is 23.3 Å². The van der Waals surface area contributed by atoms with Crippen molar-refractivity contribution in [2.75, 3.05) is 0 Å². The van der Waals surface area contributed by atoms with Gasteiger partial charge in [-0.1, -0.05) is 6.42 Å². The van der Waals surface area contributed by atoms with Crippen molar-refractivity contribution in [3.63, 3.8) is 0 Å². The zero-order chi connectivity index (χ0) is 16.0. The Morgan fingerprint density at radius 3 is 2.82 bits per heavy atom. The zero-order valence-corrected chi connectivity index (χ0v) is 11.5. The highest BCUT2D eigenvalue weighted by Crippen LogP contribution is 2.48. The normalized spacial score (nSPS) is 28.3. The molecule has 118 valence electrons. The Kier molecular flexibility index (Phi) is 3.43. The fourth-order valence-electron chi connectivity index (χ4n) is 3.03. The molecule has 0 spiro atoms. The lowest BCUT2D eigenvalue weighted by molar-refractivity contribution is -0.312. The van der Waals surface area contributed by atoms with Gasteiger partial charge in [0, 0.05) is 18.1 Å². The highest BCUT2D eigenvalue weighted by atomic mass is 19.4. The molecule has 8 heteroatoms. The van der Waals surface area contributed by atoms with E-state index in [0.29, 0.717) is 19.3 Å². The summed E-state index contributed by atoms with van der Waals surface area (Å²) in [6.45, 7) is 0. The minimum Gasteiger partial charge on any atom is -0.362 e. The lowest BCUT2D eigenvalue weighted by Gasteiger charge is -2.38. The number of rotatable bonds is 1. The van der Waals surface area contributed by atoms with Crippen molar-refractivity contribution >= 4 is 11.6 Å². The van der Waals surface area contributed by atoms with Crippen LogP contribution < -0.4 is 0 Å². The van der Waals surface area contributed by atoms with E-state index in [1.807, 2.05) is 0 Å². The number of nitrogens with zero attached hydrogens (tertiary/aromatic N) is 3. The quantitative estimate of drug-likeness (QED) is 0.865. The molecule has 3 rings (SSSR count). The van der Waals surface area contributed by atoms with Crippen molar-refractivity contribution < 1.29 is 23.1 Å². The average Bonchev–Trinajstić information content (AvgIpc) is 2.82. The first-order chi connectivity index (χ1) is 10.4. The summed E-state index contributed by atoms with van der Waals surface area (Å²) < 4.78 is 40.5. The van der Waals surface area contributed by atoms with Crippen LogP contribution >= 0.6 is 0 Å². The fraction of sp³-hybridized carbons (Fsp3) is 0.500. The molecule has 1 aromatic rings. The summed E-state index contributed by atoms with van der Waals surface area (Å²) in [4.78, 5) is 16.1. The number of carbonyl (C=O) groups is 1. The summed E-state index contributed by atoms with van der Waals surface area (Å²) in [5.41, 5.74) is -3.09. The molecule has 0 bridgehead atoms. The number of alkyl halides is 3. The Balaban J connectivity index is 2.04. The van der Waals surface area contributed by atoms with Crippen LogP contribution in [0.5, 0.6) is 0 Å². The first kappa shape index (κ1) is 15.0. The third-order valence-electron chi connectivity index (χ3n) is 4.13. The van der Waals surface area contributed by atoms with E-state index in [2.05, 4.69) is 10.1 Å². The number of aromatic nitrogens is 1. The van der Waals surface area contributed by atoms with Gasteiger partial charge in [-0.25, -0.2) is 0 Å². The predicted molar refractivity (Wildman–Crippen MR) is 70.8 cm³/mol. The third-order valence-corrected chi connectivity index (χ3v) is 4.13. The fourth-order valence-corrected chi connectivity index (χ4v) is 3.03. The van der Waals surface area contributed by atoms with Gasteiger partial charge in [0.05, 0.1) is 11.5 Å². The number of halogens is 3. The van der Waals surface area contributed by atoms with Gasteiger partial charge in [-0.3, -0.25) is 9.78 Å². The van der Waals surface area contributed by atoms with Crippen LogP contribution in [0.15, 0.2) is 29.6 Å². The van der Waals surface area contributed by atoms with E-state index in [9.17, 15) is 23.1 Å². The molecule has 1 saturated carbocycles. The average molecular weight is 313 g/mol. The molecule has 5 nitrogen and oxygen atoms in total. The van der Waals surface area contributed by atoms with Crippen LogP contribution in [0.25, 0.3) is 0 Å². The Labute approximate surface area is 124 Å². The molecule has 0 radical (unpaired) electrons. The lowest BCUT2D eigenvalue weighted by Crippen LogP contribution is -2.61. The summed E-state index contributed by atoms with van der Waals surface area (Å²) in [5, 5.41) is 14.4. The van der Waals surface area contributed by atoms with Crippen molar-refractivity contribution in [2.24, 2.45) is 11.0 Å². The van der Waals surface area contributed by atoms with Crippen molar-refractivity contribution in [3.8, 4) is 0 Å². The second-order valence-corrected chi connectivity index (χ2v) is 5.47. The first-order valence-electron chi connectivity index (χ1n) is 6.97. The van der Waals surface area contributed by atoms with Crippen LogP contribution in [-0.2, 0) is 0 Å². The zero-order valence-electron chi connectivity index (χ0n) is 11.5. The summed E-state index contributed by atoms with van der Waals surface area (Å²) in [6.07, 6.45) is -0.636. The van der Waals surface area contributed by atoms with Gasteiger partial charge in [0.25, 0.3) is 11.6 Å². The van der Waals surface area contributed by atoms with Crippen molar-refractivity contribution in [2.45, 2.75) is 37.6 Å². The third kappa shape index (κ3) is 2.09. The molecule has 1 amide bonds. The van der Waals surface area contributed by atoms with Gasteiger partial charge >= 0.3 is 6.18 Å². The number of hydrazone groups is 1. The Morgan fingerprint density at radius 2 is 2.18 bits per heavy atom. The molecular formula is C14H14F3N3O2. The molecule has 22 heavy (non-hydrogen) atoms. The van der Waals surface area contributed by atoms with Crippen LogP contribution in [0.1, 0.15) is 36.0 Å². The molecule has 1 aliphatic carbocycles. The molecule has 0 aromatic carbocycles. The van der Waals surface area contributed by atoms with E-state index in [0.717, 1.165) is 6.20 Å². The van der Waals surface area contributed by atoms with Gasteiger partial charge in [-0.15, -0.1) is 0 Å². The van der Waals surface area contributed by atoms with Gasteiger partial charge in [0.2, 0.25) is 0 Å². The second-order valence-electron chi connectivity index (χ2n) is 5.47. The Bertz CT molecular complexity index is 618. The number of carbonyl (C=O) groups excluding carboxylic acids is 1. The van der Waals surface area contributed by atoms with Gasteiger partial charge in [0.1, 0.15) is 0 Å². The van der Waals surface area contributed by atoms with Gasteiger partial charge in [-0.05, 0) is 31.4 Å².